The number of hydrogen-bond donors (Lipinski definition) is 2. The van der Waals surface area contributed by atoms with E-state index >= 15 is 0 Å². The zero-order valence-electron chi connectivity index (χ0n) is 10.7. The molecule has 20 heavy (non-hydrogen) atoms. The lowest BCUT2D eigenvalue weighted by Gasteiger charge is -2.26. The summed E-state index contributed by atoms with van der Waals surface area (Å²) < 4.78 is 0. The summed E-state index contributed by atoms with van der Waals surface area (Å²) in [7, 11) is 0. The quantitative estimate of drug-likeness (QED) is 0.786. The molecule has 106 valence electrons. The maximum Gasteiger partial charge on any atom is 0.269 e. The Morgan fingerprint density at radius 2 is 2.30 bits per heavy atom. The summed E-state index contributed by atoms with van der Waals surface area (Å²) >= 11 is 6.12. The molecule has 1 unspecified atom stereocenters. The van der Waals surface area contributed by atoms with Crippen molar-refractivity contribution in [2.75, 3.05) is 11.4 Å². The lowest BCUT2D eigenvalue weighted by Crippen LogP contribution is -2.44. The van der Waals surface area contributed by atoms with Gasteiger partial charge in [-0.1, -0.05) is 18.2 Å². The number of primary amides is 1. The molecule has 0 radical (unpaired) electrons. The molecule has 2 amide bonds. The first kappa shape index (κ1) is 14.3. The normalized spacial score (nSPS) is 17.9. The summed E-state index contributed by atoms with van der Waals surface area (Å²) in [6.45, 7) is 4.08. The number of nitrogens with two attached hydrogens (primary N) is 1. The smallest absolute Gasteiger partial charge is 0.269 e. The highest BCUT2D eigenvalue weighted by molar-refractivity contribution is 6.35. The molecule has 7 nitrogen and oxygen atoms in total. The van der Waals surface area contributed by atoms with Crippen molar-refractivity contribution >= 4 is 29.2 Å². The summed E-state index contributed by atoms with van der Waals surface area (Å²) in [5, 5.41) is 2.88. The Bertz CT molecular complexity index is 563. The van der Waals surface area contributed by atoms with Crippen molar-refractivity contribution in [3.05, 3.63) is 29.7 Å². The van der Waals surface area contributed by atoms with Crippen molar-refractivity contribution in [3.8, 4) is 0 Å². The second-order valence-electron chi connectivity index (χ2n) is 4.29. The molecule has 2 heterocycles. The first-order valence-electron chi connectivity index (χ1n) is 6.04. The van der Waals surface area contributed by atoms with E-state index < -0.39 is 5.91 Å². The molecule has 1 aliphatic rings. The molecule has 1 aliphatic heterocycles. The third kappa shape index (κ3) is 2.72. The fourth-order valence-electron chi connectivity index (χ4n) is 2.13. The van der Waals surface area contributed by atoms with Crippen LogP contribution in [0.25, 0.3) is 0 Å². The van der Waals surface area contributed by atoms with E-state index in [1.807, 2.05) is 4.90 Å². The van der Waals surface area contributed by atoms with Crippen molar-refractivity contribution in [2.45, 2.75) is 19.0 Å². The average Bonchev–Trinajstić information content (AvgIpc) is 2.86. The number of carbonyl (C=O) groups is 2. The predicted octanol–water partition coefficient (Wildman–Crippen LogP) is 0.457. The summed E-state index contributed by atoms with van der Waals surface area (Å²) in [5.41, 5.74) is 5.17. The lowest BCUT2D eigenvalue weighted by atomic mass is 10.3. The molecule has 0 spiro atoms. The molecule has 1 atom stereocenters. The number of hydrogen-bond acceptors (Lipinski definition) is 5. The number of aromatic nitrogens is 2. The molecule has 0 aromatic carbocycles. The number of amides is 2. The van der Waals surface area contributed by atoms with Crippen LogP contribution >= 0.6 is 11.6 Å². The Morgan fingerprint density at radius 3 is 2.95 bits per heavy atom. The van der Waals surface area contributed by atoms with E-state index in [4.69, 9.17) is 17.3 Å². The van der Waals surface area contributed by atoms with Crippen LogP contribution in [0.4, 0.5) is 5.82 Å². The van der Waals surface area contributed by atoms with Gasteiger partial charge in [-0.05, 0) is 18.9 Å². The fraction of sp³-hybridized carbons (Fsp3) is 0.333. The van der Waals surface area contributed by atoms with Crippen LogP contribution in [0.3, 0.4) is 0 Å². The van der Waals surface area contributed by atoms with E-state index in [0.29, 0.717) is 12.4 Å². The van der Waals surface area contributed by atoms with Crippen molar-refractivity contribution in [1.29, 1.82) is 0 Å². The minimum Gasteiger partial charge on any atom is -0.364 e. The molecular weight excluding hydrogens is 282 g/mol. The Kier molecular flexibility index (Phi) is 4.19. The molecule has 1 fully saturated rings. The maximum absolute atomic E-state index is 11.4. The Labute approximate surface area is 120 Å². The monoisotopic (exact) mass is 295 g/mol. The van der Waals surface area contributed by atoms with Crippen LogP contribution in [0.2, 0.25) is 5.02 Å². The molecule has 1 saturated heterocycles. The molecule has 1 aromatic rings. The van der Waals surface area contributed by atoms with Gasteiger partial charge in [0.1, 0.15) is 17.5 Å². The van der Waals surface area contributed by atoms with Gasteiger partial charge >= 0.3 is 0 Å². The van der Waals surface area contributed by atoms with E-state index in [9.17, 15) is 9.59 Å². The van der Waals surface area contributed by atoms with E-state index in [2.05, 4.69) is 21.9 Å². The lowest BCUT2D eigenvalue weighted by molar-refractivity contribution is -0.117. The van der Waals surface area contributed by atoms with Crippen LogP contribution in [0.1, 0.15) is 23.3 Å². The Balaban J connectivity index is 2.30. The number of halogens is 1. The first-order chi connectivity index (χ1) is 9.54. The second-order valence-corrected chi connectivity index (χ2v) is 4.67. The number of nitrogens with one attached hydrogen (secondary N) is 1. The largest absolute Gasteiger partial charge is 0.364 e. The topological polar surface area (TPSA) is 101 Å². The van der Waals surface area contributed by atoms with Gasteiger partial charge < -0.3 is 16.0 Å². The van der Waals surface area contributed by atoms with E-state index in [1.165, 1.54) is 12.4 Å². The van der Waals surface area contributed by atoms with E-state index in [-0.39, 0.29) is 22.8 Å². The zero-order chi connectivity index (χ0) is 14.7. The van der Waals surface area contributed by atoms with Gasteiger partial charge in [-0.3, -0.25) is 9.59 Å². The number of rotatable bonds is 4. The van der Waals surface area contributed by atoms with Crippen LogP contribution in [0.5, 0.6) is 0 Å². The molecule has 2 rings (SSSR count). The van der Waals surface area contributed by atoms with Crippen LogP contribution in [-0.2, 0) is 4.79 Å². The Hall–Kier alpha value is -2.15. The minimum atomic E-state index is -0.718. The van der Waals surface area contributed by atoms with E-state index in [1.54, 1.807) is 0 Å². The van der Waals surface area contributed by atoms with Crippen molar-refractivity contribution in [2.24, 2.45) is 5.73 Å². The van der Waals surface area contributed by atoms with E-state index in [0.717, 1.165) is 12.8 Å². The number of anilines is 1. The van der Waals surface area contributed by atoms with Gasteiger partial charge in [0.05, 0.1) is 0 Å². The Morgan fingerprint density at radius 1 is 1.55 bits per heavy atom. The minimum absolute atomic E-state index is 0.0302. The van der Waals surface area contributed by atoms with Crippen LogP contribution < -0.4 is 16.0 Å². The van der Waals surface area contributed by atoms with Gasteiger partial charge in [-0.25, -0.2) is 9.97 Å². The molecule has 8 heteroatoms. The summed E-state index contributed by atoms with van der Waals surface area (Å²) in [6.07, 6.45) is 3.81. The third-order valence-electron chi connectivity index (χ3n) is 3.02. The van der Waals surface area contributed by atoms with Gasteiger partial charge in [-0.15, -0.1) is 0 Å². The van der Waals surface area contributed by atoms with Gasteiger partial charge in [-0.2, -0.15) is 0 Å². The fourth-order valence-corrected chi connectivity index (χ4v) is 2.43. The second kappa shape index (κ2) is 5.87. The van der Waals surface area contributed by atoms with Crippen molar-refractivity contribution in [1.82, 2.24) is 15.3 Å². The molecule has 1 aromatic heterocycles. The van der Waals surface area contributed by atoms with Gasteiger partial charge in [0.2, 0.25) is 5.91 Å². The SMILES string of the molecule is C=CC(=O)NC1CCCN1c1ncnc(C(N)=O)c1Cl. The average molecular weight is 296 g/mol. The maximum atomic E-state index is 11.4. The van der Waals surface area contributed by atoms with Crippen LogP contribution in [0.15, 0.2) is 19.0 Å². The number of carbonyl (C=O) groups excluding carboxylic acids is 2. The standard InChI is InChI=1S/C12H14ClN5O2/c1-2-8(19)17-7-4-3-5-18(7)12-9(13)10(11(14)20)15-6-16-12/h2,6-7H,1,3-5H2,(H2,14,20)(H,17,19). The van der Waals surface area contributed by atoms with Gasteiger partial charge in [0, 0.05) is 6.54 Å². The highest BCUT2D eigenvalue weighted by Crippen LogP contribution is 2.30. The summed E-state index contributed by atoms with van der Waals surface area (Å²) in [4.78, 5) is 32.3. The van der Waals surface area contributed by atoms with Crippen molar-refractivity contribution < 1.29 is 9.59 Å². The van der Waals surface area contributed by atoms with Crippen LogP contribution in [0, 0.1) is 0 Å². The first-order valence-corrected chi connectivity index (χ1v) is 6.42. The highest BCUT2D eigenvalue weighted by Gasteiger charge is 2.29. The summed E-state index contributed by atoms with van der Waals surface area (Å²) in [6, 6.07) is 0. The molecule has 3 N–H and O–H groups in total. The number of nitrogens with zero attached hydrogens (tertiary/aromatic N) is 3. The molecular formula is C12H14ClN5O2. The third-order valence-corrected chi connectivity index (χ3v) is 3.37. The van der Waals surface area contributed by atoms with Crippen molar-refractivity contribution in [3.63, 3.8) is 0 Å². The van der Waals surface area contributed by atoms with Gasteiger partial charge in [0.15, 0.2) is 11.5 Å². The summed E-state index contributed by atoms with van der Waals surface area (Å²) in [5.74, 6) is -0.603. The van der Waals surface area contributed by atoms with Crippen LogP contribution in [-0.4, -0.2) is 34.5 Å². The molecule has 0 bridgehead atoms. The zero-order valence-corrected chi connectivity index (χ0v) is 11.4. The molecule has 0 aliphatic carbocycles. The molecule has 0 saturated carbocycles. The predicted molar refractivity (Wildman–Crippen MR) is 74.3 cm³/mol. The highest BCUT2D eigenvalue weighted by atomic mass is 35.5. The van der Waals surface area contributed by atoms with Gasteiger partial charge in [0.25, 0.3) is 5.91 Å².